The molecule has 0 fully saturated rings. The molecule has 3 aromatic heterocycles. The van der Waals surface area contributed by atoms with E-state index < -0.39 is 0 Å². The number of aromatic nitrogens is 5. The van der Waals surface area contributed by atoms with E-state index in [0.717, 1.165) is 16.9 Å². The molecule has 0 radical (unpaired) electrons. The molecule has 0 saturated carbocycles. The third kappa shape index (κ3) is 4.61. The zero-order chi connectivity index (χ0) is 21.8. The first-order chi connectivity index (χ1) is 15.0. The molecule has 4 rings (SSSR count). The normalized spacial score (nSPS) is 11.0. The highest BCUT2D eigenvalue weighted by atomic mass is 16.5. The van der Waals surface area contributed by atoms with Crippen LogP contribution < -0.4 is 10.1 Å². The van der Waals surface area contributed by atoms with Crippen molar-refractivity contribution in [2.45, 2.75) is 26.3 Å². The number of imidazole rings is 1. The van der Waals surface area contributed by atoms with Gasteiger partial charge in [-0.2, -0.15) is 4.98 Å². The zero-order valence-corrected chi connectivity index (χ0v) is 17.4. The van der Waals surface area contributed by atoms with Crippen LogP contribution in [0.2, 0.25) is 0 Å². The Morgan fingerprint density at radius 3 is 2.61 bits per heavy atom. The summed E-state index contributed by atoms with van der Waals surface area (Å²) in [6.45, 7) is 4.39. The van der Waals surface area contributed by atoms with Crippen molar-refractivity contribution in [2.75, 3.05) is 7.11 Å². The van der Waals surface area contributed by atoms with Gasteiger partial charge in [-0.3, -0.25) is 9.36 Å². The molecule has 4 aromatic rings. The molecule has 31 heavy (non-hydrogen) atoms. The maximum Gasteiger partial charge on any atom is 0.271 e. The van der Waals surface area contributed by atoms with E-state index in [1.807, 2.05) is 44.2 Å². The number of amides is 1. The number of benzene rings is 1. The van der Waals surface area contributed by atoms with Gasteiger partial charge in [-0.05, 0) is 29.8 Å². The summed E-state index contributed by atoms with van der Waals surface area (Å²) in [5.74, 6) is 2.38. The first-order valence-electron chi connectivity index (χ1n) is 9.79. The largest absolute Gasteiger partial charge is 0.497 e. The van der Waals surface area contributed by atoms with Crippen LogP contribution in [0.25, 0.3) is 17.3 Å². The van der Waals surface area contributed by atoms with Crippen LogP contribution in [0, 0.1) is 0 Å². The number of carbonyl (C=O) groups excluding carboxylic acids is 1. The highest BCUT2D eigenvalue weighted by Crippen LogP contribution is 2.20. The molecule has 0 atom stereocenters. The SMILES string of the molecule is COc1ccc(CNC(=O)c2cn(-c3ccc(-c4nc(C(C)C)no4)cn3)cn2)cc1. The maximum atomic E-state index is 12.4. The van der Waals surface area contributed by atoms with Crippen LogP contribution >= 0.6 is 0 Å². The second-order valence-corrected chi connectivity index (χ2v) is 7.21. The van der Waals surface area contributed by atoms with Crippen LogP contribution in [0.3, 0.4) is 0 Å². The predicted molar refractivity (Wildman–Crippen MR) is 113 cm³/mol. The average molecular weight is 418 g/mol. The number of nitrogens with zero attached hydrogens (tertiary/aromatic N) is 5. The lowest BCUT2D eigenvalue weighted by molar-refractivity contribution is 0.0946. The summed E-state index contributed by atoms with van der Waals surface area (Å²) in [4.78, 5) is 25.4. The van der Waals surface area contributed by atoms with Crippen molar-refractivity contribution < 1.29 is 14.1 Å². The minimum atomic E-state index is -0.265. The fourth-order valence-corrected chi connectivity index (χ4v) is 2.83. The first kappa shape index (κ1) is 20.3. The van der Waals surface area contributed by atoms with Crippen LogP contribution in [0.15, 0.2) is 59.6 Å². The summed E-state index contributed by atoms with van der Waals surface area (Å²) in [6, 6.07) is 11.1. The Balaban J connectivity index is 1.40. The first-order valence-corrected chi connectivity index (χ1v) is 9.79. The molecule has 3 heterocycles. The van der Waals surface area contributed by atoms with Crippen LogP contribution in [-0.2, 0) is 6.54 Å². The molecule has 0 aliphatic heterocycles. The van der Waals surface area contributed by atoms with Crippen molar-refractivity contribution >= 4 is 5.91 Å². The van der Waals surface area contributed by atoms with Gasteiger partial charge in [-0.15, -0.1) is 0 Å². The molecule has 1 aromatic carbocycles. The van der Waals surface area contributed by atoms with Gasteiger partial charge >= 0.3 is 0 Å². The fraction of sp³-hybridized carbons (Fsp3) is 0.227. The van der Waals surface area contributed by atoms with E-state index in [-0.39, 0.29) is 11.8 Å². The lowest BCUT2D eigenvalue weighted by atomic mass is 10.2. The number of ether oxygens (including phenoxy) is 1. The van der Waals surface area contributed by atoms with Gasteiger partial charge in [0.2, 0.25) is 0 Å². The number of hydrogen-bond donors (Lipinski definition) is 1. The molecular weight excluding hydrogens is 396 g/mol. The third-order valence-corrected chi connectivity index (χ3v) is 4.64. The summed E-state index contributed by atoms with van der Waals surface area (Å²) in [5, 5.41) is 6.82. The molecule has 0 unspecified atom stereocenters. The van der Waals surface area contributed by atoms with Crippen molar-refractivity contribution in [3.8, 4) is 23.0 Å². The number of hydrogen-bond acceptors (Lipinski definition) is 7. The van der Waals surface area contributed by atoms with E-state index in [1.165, 1.54) is 0 Å². The topological polar surface area (TPSA) is 108 Å². The van der Waals surface area contributed by atoms with Crippen LogP contribution in [0.4, 0.5) is 0 Å². The summed E-state index contributed by atoms with van der Waals surface area (Å²) in [7, 11) is 1.61. The minimum absolute atomic E-state index is 0.185. The molecule has 0 spiro atoms. The second kappa shape index (κ2) is 8.78. The standard InChI is InChI=1S/C22H22N6O3/c1-14(2)20-26-22(31-27-20)16-6-9-19(23-11-16)28-12-18(25-13-28)21(29)24-10-15-4-7-17(30-3)8-5-15/h4-9,11-14H,10H2,1-3H3,(H,24,29). The molecule has 0 bridgehead atoms. The minimum Gasteiger partial charge on any atom is -0.497 e. The van der Waals surface area contributed by atoms with E-state index in [0.29, 0.717) is 29.8 Å². The zero-order valence-electron chi connectivity index (χ0n) is 17.4. The van der Waals surface area contributed by atoms with Gasteiger partial charge in [0.25, 0.3) is 11.8 Å². The van der Waals surface area contributed by atoms with Crippen molar-refractivity contribution in [1.29, 1.82) is 0 Å². The van der Waals surface area contributed by atoms with Crippen molar-refractivity contribution in [3.63, 3.8) is 0 Å². The Bertz CT molecular complexity index is 1160. The van der Waals surface area contributed by atoms with Crippen LogP contribution in [0.1, 0.15) is 41.6 Å². The average Bonchev–Trinajstić information content (AvgIpc) is 3.48. The molecule has 0 aliphatic carbocycles. The quantitative estimate of drug-likeness (QED) is 0.490. The Morgan fingerprint density at radius 1 is 1.16 bits per heavy atom. The van der Waals surface area contributed by atoms with Gasteiger partial charge in [0, 0.05) is 24.9 Å². The Kier molecular flexibility index (Phi) is 5.74. The van der Waals surface area contributed by atoms with Crippen molar-refractivity contribution in [2.24, 2.45) is 0 Å². The molecule has 158 valence electrons. The Labute approximate surface area is 179 Å². The highest BCUT2D eigenvalue weighted by molar-refractivity contribution is 5.92. The van der Waals surface area contributed by atoms with E-state index >= 15 is 0 Å². The molecule has 9 nitrogen and oxygen atoms in total. The summed E-state index contributed by atoms with van der Waals surface area (Å²) in [5.41, 5.74) is 1.99. The van der Waals surface area contributed by atoms with Gasteiger partial charge < -0.3 is 14.6 Å². The lowest BCUT2D eigenvalue weighted by Gasteiger charge is -2.05. The lowest BCUT2D eigenvalue weighted by Crippen LogP contribution is -2.23. The van der Waals surface area contributed by atoms with E-state index in [4.69, 9.17) is 9.26 Å². The summed E-state index contributed by atoms with van der Waals surface area (Å²) in [6.07, 6.45) is 4.83. The summed E-state index contributed by atoms with van der Waals surface area (Å²) >= 11 is 0. The smallest absolute Gasteiger partial charge is 0.271 e. The molecule has 0 saturated heterocycles. The highest BCUT2D eigenvalue weighted by Gasteiger charge is 2.13. The fourth-order valence-electron chi connectivity index (χ4n) is 2.83. The number of pyridine rings is 1. The van der Waals surface area contributed by atoms with E-state index in [1.54, 1.807) is 36.5 Å². The van der Waals surface area contributed by atoms with Gasteiger partial charge in [-0.1, -0.05) is 31.1 Å². The summed E-state index contributed by atoms with van der Waals surface area (Å²) < 4.78 is 12.1. The van der Waals surface area contributed by atoms with E-state index in [9.17, 15) is 4.79 Å². The van der Waals surface area contributed by atoms with Crippen molar-refractivity contribution in [1.82, 2.24) is 30.0 Å². The number of nitrogens with one attached hydrogen (secondary N) is 1. The number of rotatable bonds is 7. The monoisotopic (exact) mass is 418 g/mol. The predicted octanol–water partition coefficient (Wildman–Crippen LogP) is 3.38. The van der Waals surface area contributed by atoms with Gasteiger partial charge in [0.05, 0.1) is 12.7 Å². The third-order valence-electron chi connectivity index (χ3n) is 4.64. The molecule has 1 amide bonds. The molecule has 9 heteroatoms. The number of carbonyl (C=O) groups is 1. The number of methoxy groups -OCH3 is 1. The van der Waals surface area contributed by atoms with Gasteiger partial charge in [-0.25, -0.2) is 9.97 Å². The molecular formula is C22H22N6O3. The second-order valence-electron chi connectivity index (χ2n) is 7.21. The molecule has 0 aliphatic rings. The van der Waals surface area contributed by atoms with Crippen LogP contribution in [-0.4, -0.2) is 37.7 Å². The molecule has 1 N–H and O–H groups in total. The Hall–Kier alpha value is -4.01. The van der Waals surface area contributed by atoms with Gasteiger partial charge in [0.1, 0.15) is 23.6 Å². The van der Waals surface area contributed by atoms with Crippen molar-refractivity contribution in [3.05, 3.63) is 72.2 Å². The van der Waals surface area contributed by atoms with Crippen LogP contribution in [0.5, 0.6) is 5.75 Å². The Morgan fingerprint density at radius 2 is 1.97 bits per heavy atom. The van der Waals surface area contributed by atoms with Gasteiger partial charge in [0.15, 0.2) is 5.82 Å². The van der Waals surface area contributed by atoms with E-state index in [2.05, 4.69) is 25.4 Å². The maximum absolute atomic E-state index is 12.4.